The number of alkyl halides is 2. The second-order valence-electron chi connectivity index (χ2n) is 4.70. The summed E-state index contributed by atoms with van der Waals surface area (Å²) in [6.45, 7) is 0. The maximum Gasteiger partial charge on any atom is 0.283 e. The molecular formula is C12H13F2N3O. The first kappa shape index (κ1) is 11.3. The number of anilines is 1. The molecule has 0 saturated heterocycles. The van der Waals surface area contributed by atoms with Gasteiger partial charge in [0.25, 0.3) is 12.4 Å². The summed E-state index contributed by atoms with van der Waals surface area (Å²) >= 11 is 0. The first-order valence-electron chi connectivity index (χ1n) is 5.70. The molecule has 96 valence electrons. The van der Waals surface area contributed by atoms with Crippen molar-refractivity contribution in [2.45, 2.75) is 24.5 Å². The molecule has 1 heterocycles. The number of nitrogen functional groups attached to an aromatic ring is 1. The van der Waals surface area contributed by atoms with Gasteiger partial charge in [-0.05, 0) is 24.1 Å². The van der Waals surface area contributed by atoms with Crippen LogP contribution in [0.25, 0.3) is 0 Å². The molecule has 1 fully saturated rings. The molecule has 1 aromatic carbocycles. The van der Waals surface area contributed by atoms with Gasteiger partial charge in [-0.1, -0.05) is 12.1 Å². The molecule has 3 atom stereocenters. The third kappa shape index (κ3) is 1.45. The van der Waals surface area contributed by atoms with Crippen molar-refractivity contribution < 1.29 is 13.5 Å². The van der Waals surface area contributed by atoms with Crippen LogP contribution >= 0.6 is 0 Å². The van der Waals surface area contributed by atoms with Crippen LogP contribution in [0.2, 0.25) is 0 Å². The Balaban J connectivity index is 2.15. The van der Waals surface area contributed by atoms with Crippen molar-refractivity contribution in [3.63, 3.8) is 0 Å². The molecule has 0 radical (unpaired) electrons. The highest BCUT2D eigenvalue weighted by molar-refractivity contribution is 5.74. The van der Waals surface area contributed by atoms with E-state index < -0.39 is 12.0 Å². The summed E-state index contributed by atoms with van der Waals surface area (Å²) in [5, 5.41) is 0. The largest absolute Gasteiger partial charge is 0.462 e. The second kappa shape index (κ2) is 3.57. The summed E-state index contributed by atoms with van der Waals surface area (Å²) in [6, 6.07) is 6.27. The summed E-state index contributed by atoms with van der Waals surface area (Å²) in [5.74, 6) is -0.327. The molecule has 0 aromatic heterocycles. The van der Waals surface area contributed by atoms with Crippen molar-refractivity contribution >= 4 is 11.7 Å². The van der Waals surface area contributed by atoms with Crippen LogP contribution in [0.4, 0.5) is 14.5 Å². The number of fused-ring (bicyclic) bond motifs is 1. The smallest absolute Gasteiger partial charge is 0.283 e. The van der Waals surface area contributed by atoms with Gasteiger partial charge in [0.2, 0.25) is 0 Å². The van der Waals surface area contributed by atoms with E-state index >= 15 is 0 Å². The molecule has 0 bridgehead atoms. The van der Waals surface area contributed by atoms with E-state index in [4.69, 9.17) is 16.2 Å². The third-order valence-corrected chi connectivity index (χ3v) is 3.55. The average Bonchev–Trinajstić information content (AvgIpc) is 3.06. The second-order valence-corrected chi connectivity index (χ2v) is 4.70. The van der Waals surface area contributed by atoms with Gasteiger partial charge in [0.05, 0.1) is 0 Å². The minimum absolute atomic E-state index is 0.170. The highest BCUT2D eigenvalue weighted by Crippen LogP contribution is 2.55. The minimum atomic E-state index is -2.64. The molecule has 18 heavy (non-hydrogen) atoms. The molecule has 0 amide bonds. The van der Waals surface area contributed by atoms with Crippen LogP contribution in [0, 0.1) is 5.92 Å². The van der Waals surface area contributed by atoms with Crippen LogP contribution in [-0.2, 0) is 10.3 Å². The Kier molecular flexibility index (Phi) is 2.23. The Bertz CT molecular complexity index is 520. The molecule has 6 heteroatoms. The van der Waals surface area contributed by atoms with E-state index in [9.17, 15) is 8.78 Å². The number of rotatable bonds is 2. The Morgan fingerprint density at radius 3 is 2.83 bits per heavy atom. The summed E-state index contributed by atoms with van der Waals surface area (Å²) < 4.78 is 32.3. The van der Waals surface area contributed by atoms with E-state index in [1.807, 2.05) is 0 Å². The zero-order valence-corrected chi connectivity index (χ0v) is 9.51. The van der Waals surface area contributed by atoms with Crippen molar-refractivity contribution in [1.82, 2.24) is 0 Å². The number of nitrogens with zero attached hydrogens (tertiary/aromatic N) is 1. The molecule has 1 aliphatic carbocycles. The van der Waals surface area contributed by atoms with Crippen molar-refractivity contribution in [2.75, 3.05) is 5.73 Å². The maximum atomic E-state index is 13.6. The van der Waals surface area contributed by atoms with Crippen molar-refractivity contribution in [3.8, 4) is 0 Å². The molecule has 2 aliphatic rings. The van der Waals surface area contributed by atoms with E-state index in [-0.39, 0.29) is 18.0 Å². The normalized spacial score (nSPS) is 33.6. The summed E-state index contributed by atoms with van der Waals surface area (Å²) in [7, 11) is 0. The SMILES string of the molecule is NC1=N[C@@](c2cccc(N)c2)(C(F)F)[C@H]2C[C@H]2O1. The lowest BCUT2D eigenvalue weighted by Crippen LogP contribution is -2.42. The molecular weight excluding hydrogens is 240 g/mol. The van der Waals surface area contributed by atoms with E-state index in [0.29, 0.717) is 17.7 Å². The van der Waals surface area contributed by atoms with Crippen LogP contribution in [0.5, 0.6) is 0 Å². The lowest BCUT2D eigenvalue weighted by molar-refractivity contribution is 0.0197. The zero-order valence-electron chi connectivity index (χ0n) is 9.51. The maximum absolute atomic E-state index is 13.6. The number of hydrogen-bond donors (Lipinski definition) is 2. The topological polar surface area (TPSA) is 73.6 Å². The summed E-state index contributed by atoms with van der Waals surface area (Å²) in [5.41, 5.74) is 10.4. The van der Waals surface area contributed by atoms with Gasteiger partial charge in [-0.25, -0.2) is 13.8 Å². The average molecular weight is 253 g/mol. The Hall–Kier alpha value is -1.85. The Labute approximate surface area is 103 Å². The molecule has 0 unspecified atom stereocenters. The monoisotopic (exact) mass is 253 g/mol. The number of nitrogens with two attached hydrogens (primary N) is 2. The molecule has 4 nitrogen and oxygen atoms in total. The van der Waals surface area contributed by atoms with E-state index in [2.05, 4.69) is 4.99 Å². The lowest BCUT2D eigenvalue weighted by atomic mass is 9.85. The van der Waals surface area contributed by atoms with Crippen molar-refractivity contribution in [2.24, 2.45) is 16.6 Å². The fourth-order valence-corrected chi connectivity index (χ4v) is 2.61. The van der Waals surface area contributed by atoms with Crippen LogP contribution in [0.15, 0.2) is 29.3 Å². The van der Waals surface area contributed by atoms with E-state index in [1.165, 1.54) is 6.07 Å². The standard InChI is InChI=1S/C12H13F2N3O/c13-10(14)12(6-2-1-3-7(15)4-6)8-5-9(8)18-11(16)17-12/h1-4,8-10H,5,15H2,(H2,16,17)/t8-,9+,12+/m0/s1. The first-order valence-corrected chi connectivity index (χ1v) is 5.70. The minimum Gasteiger partial charge on any atom is -0.462 e. The number of hydrogen-bond acceptors (Lipinski definition) is 4. The highest BCUT2D eigenvalue weighted by atomic mass is 19.3. The Morgan fingerprint density at radius 1 is 1.39 bits per heavy atom. The summed E-state index contributed by atoms with van der Waals surface area (Å²) in [6.07, 6.45) is -2.35. The quantitative estimate of drug-likeness (QED) is 0.784. The van der Waals surface area contributed by atoms with Crippen LogP contribution in [0.3, 0.4) is 0 Å². The third-order valence-electron chi connectivity index (χ3n) is 3.55. The van der Waals surface area contributed by atoms with Gasteiger partial charge < -0.3 is 16.2 Å². The highest BCUT2D eigenvalue weighted by Gasteiger charge is 2.63. The lowest BCUT2D eigenvalue weighted by Gasteiger charge is -2.33. The van der Waals surface area contributed by atoms with Gasteiger partial charge in [-0.2, -0.15) is 0 Å². The predicted octanol–water partition coefficient (Wildman–Crippen LogP) is 1.46. The van der Waals surface area contributed by atoms with Crippen molar-refractivity contribution in [3.05, 3.63) is 29.8 Å². The fraction of sp³-hybridized carbons (Fsp3) is 0.417. The van der Waals surface area contributed by atoms with Gasteiger partial charge in [0.15, 0.2) is 5.54 Å². The molecule has 1 aromatic rings. The fourth-order valence-electron chi connectivity index (χ4n) is 2.61. The predicted molar refractivity (Wildman–Crippen MR) is 63.1 cm³/mol. The van der Waals surface area contributed by atoms with Crippen LogP contribution in [0.1, 0.15) is 12.0 Å². The van der Waals surface area contributed by atoms with Gasteiger partial charge >= 0.3 is 0 Å². The zero-order chi connectivity index (χ0) is 12.9. The number of halogens is 2. The summed E-state index contributed by atoms with van der Waals surface area (Å²) in [4.78, 5) is 3.91. The van der Waals surface area contributed by atoms with Crippen LogP contribution < -0.4 is 11.5 Å². The van der Waals surface area contributed by atoms with Gasteiger partial charge in [0, 0.05) is 11.6 Å². The van der Waals surface area contributed by atoms with Crippen molar-refractivity contribution in [1.29, 1.82) is 0 Å². The van der Waals surface area contributed by atoms with Crippen LogP contribution in [-0.4, -0.2) is 18.6 Å². The molecule has 1 aliphatic heterocycles. The van der Waals surface area contributed by atoms with Gasteiger partial charge in [0.1, 0.15) is 6.10 Å². The van der Waals surface area contributed by atoms with E-state index in [1.54, 1.807) is 18.2 Å². The molecule has 1 saturated carbocycles. The number of aliphatic imine (C=N–C) groups is 1. The molecule has 4 N–H and O–H groups in total. The molecule has 0 spiro atoms. The van der Waals surface area contributed by atoms with Gasteiger partial charge in [-0.3, -0.25) is 0 Å². The number of ether oxygens (including phenoxy) is 1. The van der Waals surface area contributed by atoms with Gasteiger partial charge in [-0.15, -0.1) is 0 Å². The van der Waals surface area contributed by atoms with E-state index in [0.717, 1.165) is 0 Å². The molecule has 3 rings (SSSR count). The first-order chi connectivity index (χ1) is 8.54. The number of benzene rings is 1. The Morgan fingerprint density at radius 2 is 2.17 bits per heavy atom. The number of amidine groups is 1.